The summed E-state index contributed by atoms with van der Waals surface area (Å²) >= 11 is 1.56. The highest BCUT2D eigenvalue weighted by molar-refractivity contribution is 8.15. The van der Waals surface area contributed by atoms with Crippen molar-refractivity contribution in [2.75, 3.05) is 25.4 Å². The highest BCUT2D eigenvalue weighted by Gasteiger charge is 2.41. The van der Waals surface area contributed by atoms with Crippen LogP contribution in [0.2, 0.25) is 0 Å². The van der Waals surface area contributed by atoms with Gasteiger partial charge in [0.05, 0.1) is 28.3 Å². The highest BCUT2D eigenvalue weighted by Crippen LogP contribution is 2.43. The molecule has 2 aromatic carbocycles. The Bertz CT molecular complexity index is 1310. The molecule has 1 atom stereocenters. The van der Waals surface area contributed by atoms with Gasteiger partial charge in [0.1, 0.15) is 17.0 Å². The van der Waals surface area contributed by atoms with Gasteiger partial charge in [-0.2, -0.15) is 0 Å². The van der Waals surface area contributed by atoms with Crippen molar-refractivity contribution in [1.82, 2.24) is 4.90 Å². The molecule has 3 aliphatic rings. The van der Waals surface area contributed by atoms with Gasteiger partial charge in [0.25, 0.3) is 0 Å². The number of thioether (sulfide) groups is 1. The summed E-state index contributed by atoms with van der Waals surface area (Å²) in [6, 6.07) is 15.6. The molecule has 1 fully saturated rings. The number of likely N-dealkylation sites (tertiary alicyclic amines) is 1. The van der Waals surface area contributed by atoms with Crippen molar-refractivity contribution in [2.45, 2.75) is 68.7 Å². The van der Waals surface area contributed by atoms with E-state index in [2.05, 4.69) is 23.2 Å². The van der Waals surface area contributed by atoms with E-state index < -0.39 is 15.4 Å². The normalized spacial score (nSPS) is 21.0. The Kier molecular flexibility index (Phi) is 7.52. The lowest BCUT2D eigenvalue weighted by molar-refractivity contribution is -0.0272. The largest absolute Gasteiger partial charge is 0.487 e. The summed E-state index contributed by atoms with van der Waals surface area (Å²) in [4.78, 5) is 18.8. The molecule has 0 N–H and O–H groups in total. The molecule has 204 valence electrons. The smallest absolute Gasteiger partial charge is 0.410 e. The number of carbonyl (C=O) groups excluding carboxylic acids is 1. The van der Waals surface area contributed by atoms with E-state index >= 15 is 0 Å². The van der Waals surface area contributed by atoms with E-state index in [1.165, 1.54) is 5.56 Å². The van der Waals surface area contributed by atoms with Crippen molar-refractivity contribution in [2.24, 2.45) is 4.99 Å². The van der Waals surface area contributed by atoms with Crippen molar-refractivity contribution >= 4 is 32.7 Å². The van der Waals surface area contributed by atoms with Crippen LogP contribution < -0.4 is 4.74 Å². The third-order valence-corrected chi connectivity index (χ3v) is 10.2. The molecule has 0 radical (unpaired) electrons. The summed E-state index contributed by atoms with van der Waals surface area (Å²) < 4.78 is 37.5. The molecule has 2 aromatic rings. The predicted molar refractivity (Wildman–Crippen MR) is 152 cm³/mol. The number of fused-ring (bicyclic) bond motifs is 1. The van der Waals surface area contributed by atoms with Crippen LogP contribution in [0.15, 0.2) is 53.5 Å². The molecular weight excluding hydrogens is 520 g/mol. The number of sulfone groups is 1. The van der Waals surface area contributed by atoms with Crippen LogP contribution in [0.1, 0.15) is 62.0 Å². The molecule has 3 heterocycles. The minimum Gasteiger partial charge on any atom is -0.487 e. The van der Waals surface area contributed by atoms with Gasteiger partial charge < -0.3 is 14.4 Å². The van der Waals surface area contributed by atoms with E-state index in [1.54, 1.807) is 16.7 Å². The first-order chi connectivity index (χ1) is 18.0. The quantitative estimate of drug-likeness (QED) is 0.478. The van der Waals surface area contributed by atoms with E-state index in [0.29, 0.717) is 24.7 Å². The van der Waals surface area contributed by atoms with E-state index in [9.17, 15) is 13.2 Å². The number of benzene rings is 2. The Balaban J connectivity index is 1.16. The number of aryl methyl sites for hydroxylation is 1. The number of amides is 1. The Morgan fingerprint density at radius 3 is 2.55 bits per heavy atom. The molecular formula is C29H36N2O5S2. The third-order valence-electron chi connectivity index (χ3n) is 7.24. The standard InChI is InChI=1S/C29H36N2O5S2/c1-28(2,3)36-27(32)31-15-13-29(14-16-31)12-11-22-17-23(9-10-24(22)35-29)25-18-30-26(37-25)20-38(33,34)19-21-7-5-4-6-8-21/h4-10,17,25H,11-16,18-20H2,1-3H3. The van der Waals surface area contributed by atoms with Crippen LogP contribution >= 0.6 is 11.8 Å². The topological polar surface area (TPSA) is 85.3 Å². The first-order valence-corrected chi connectivity index (χ1v) is 15.9. The minimum absolute atomic E-state index is 0.0139. The highest BCUT2D eigenvalue weighted by atomic mass is 32.2. The van der Waals surface area contributed by atoms with Crippen LogP contribution in [0.5, 0.6) is 5.75 Å². The SMILES string of the molecule is CC(C)(C)OC(=O)N1CCC2(CCc3cc(C4CN=C(CS(=O)(=O)Cc5ccccc5)S4)ccc3O2)CC1. The molecule has 0 aliphatic carbocycles. The molecule has 1 saturated heterocycles. The number of carbonyl (C=O) groups is 1. The maximum absolute atomic E-state index is 12.7. The lowest BCUT2D eigenvalue weighted by atomic mass is 9.83. The molecule has 1 unspecified atom stereocenters. The average molecular weight is 557 g/mol. The summed E-state index contributed by atoms with van der Waals surface area (Å²) in [7, 11) is -3.28. The number of aliphatic imine (C=N–C) groups is 1. The maximum Gasteiger partial charge on any atom is 0.410 e. The Labute approximate surface area is 229 Å². The summed E-state index contributed by atoms with van der Waals surface area (Å²) in [6.07, 6.45) is 3.17. The van der Waals surface area contributed by atoms with Gasteiger partial charge in [-0.05, 0) is 56.4 Å². The zero-order valence-corrected chi connectivity index (χ0v) is 23.9. The van der Waals surface area contributed by atoms with Gasteiger partial charge in [-0.1, -0.05) is 42.5 Å². The number of hydrogen-bond acceptors (Lipinski definition) is 7. The van der Waals surface area contributed by atoms with Gasteiger partial charge in [0, 0.05) is 25.9 Å². The second-order valence-corrected chi connectivity index (χ2v) is 14.8. The lowest BCUT2D eigenvalue weighted by Gasteiger charge is -2.44. The van der Waals surface area contributed by atoms with Gasteiger partial charge in [0.2, 0.25) is 0 Å². The Morgan fingerprint density at radius 1 is 1.11 bits per heavy atom. The molecule has 9 heteroatoms. The second-order valence-electron chi connectivity index (χ2n) is 11.5. The molecule has 1 spiro atoms. The zero-order valence-electron chi connectivity index (χ0n) is 22.3. The number of rotatable bonds is 5. The van der Waals surface area contributed by atoms with E-state index in [0.717, 1.165) is 42.6 Å². The molecule has 0 bridgehead atoms. The van der Waals surface area contributed by atoms with E-state index in [4.69, 9.17) is 9.47 Å². The van der Waals surface area contributed by atoms with Crippen molar-refractivity contribution in [3.63, 3.8) is 0 Å². The van der Waals surface area contributed by atoms with Gasteiger partial charge in [-0.3, -0.25) is 4.99 Å². The summed E-state index contributed by atoms with van der Waals surface area (Å²) in [5.41, 5.74) is 2.42. The monoisotopic (exact) mass is 556 g/mol. The molecule has 0 aromatic heterocycles. The summed E-state index contributed by atoms with van der Waals surface area (Å²) in [5.74, 6) is 0.936. The second kappa shape index (κ2) is 10.6. The van der Waals surface area contributed by atoms with Crippen LogP contribution in [0, 0.1) is 0 Å². The lowest BCUT2D eigenvalue weighted by Crippen LogP contribution is -2.52. The van der Waals surface area contributed by atoms with Crippen LogP contribution in [0.4, 0.5) is 4.79 Å². The van der Waals surface area contributed by atoms with Crippen molar-refractivity contribution in [3.8, 4) is 5.75 Å². The number of hydrogen-bond donors (Lipinski definition) is 0. The van der Waals surface area contributed by atoms with Crippen molar-refractivity contribution in [3.05, 3.63) is 65.2 Å². The van der Waals surface area contributed by atoms with Crippen LogP contribution in [0.25, 0.3) is 0 Å². The zero-order chi connectivity index (χ0) is 27.0. The maximum atomic E-state index is 12.7. The molecule has 0 saturated carbocycles. The summed E-state index contributed by atoms with van der Waals surface area (Å²) in [6.45, 7) is 7.51. The predicted octanol–water partition coefficient (Wildman–Crippen LogP) is 5.58. The molecule has 1 amide bonds. The molecule has 38 heavy (non-hydrogen) atoms. The molecule has 5 rings (SSSR count). The van der Waals surface area contributed by atoms with Crippen molar-refractivity contribution in [1.29, 1.82) is 0 Å². The van der Waals surface area contributed by atoms with Crippen LogP contribution in [-0.2, 0) is 26.7 Å². The number of nitrogens with zero attached hydrogens (tertiary/aromatic N) is 2. The fraction of sp³-hybridized carbons (Fsp3) is 0.517. The third kappa shape index (κ3) is 6.54. The fourth-order valence-corrected chi connectivity index (χ4v) is 8.25. The van der Waals surface area contributed by atoms with Gasteiger partial charge >= 0.3 is 6.09 Å². The van der Waals surface area contributed by atoms with Crippen LogP contribution in [-0.4, -0.2) is 61.0 Å². The minimum atomic E-state index is -3.28. The van der Waals surface area contributed by atoms with Gasteiger partial charge in [-0.25, -0.2) is 13.2 Å². The first kappa shape index (κ1) is 27.1. The van der Waals surface area contributed by atoms with Gasteiger partial charge in [0.15, 0.2) is 9.84 Å². The van der Waals surface area contributed by atoms with Crippen molar-refractivity contribution < 1.29 is 22.7 Å². The molecule has 7 nitrogen and oxygen atoms in total. The molecule has 3 aliphatic heterocycles. The first-order valence-electron chi connectivity index (χ1n) is 13.2. The van der Waals surface area contributed by atoms with E-state index in [1.807, 2.05) is 51.1 Å². The van der Waals surface area contributed by atoms with Gasteiger partial charge in [-0.15, -0.1) is 11.8 Å². The summed E-state index contributed by atoms with van der Waals surface area (Å²) in [5, 5.41) is 0.811. The Morgan fingerprint density at radius 2 is 1.84 bits per heavy atom. The van der Waals surface area contributed by atoms with Crippen LogP contribution in [0.3, 0.4) is 0 Å². The fourth-order valence-electron chi connectivity index (χ4n) is 5.26. The number of piperidine rings is 1. The number of ether oxygens (including phenoxy) is 2. The Hall–Kier alpha value is -2.52. The average Bonchev–Trinajstić information content (AvgIpc) is 3.31. The van der Waals surface area contributed by atoms with E-state index in [-0.39, 0.29) is 28.4 Å².